The number of carbonyl (C=O) groups excluding carboxylic acids is 1. The second kappa shape index (κ2) is 7.81. The lowest BCUT2D eigenvalue weighted by atomic mass is 10.2. The topological polar surface area (TPSA) is 35.6 Å². The van der Waals surface area contributed by atoms with Gasteiger partial charge in [-0.05, 0) is 17.7 Å². The van der Waals surface area contributed by atoms with Crippen molar-refractivity contribution in [1.82, 2.24) is 15.1 Å². The second-order valence-corrected chi connectivity index (χ2v) is 7.41. The van der Waals surface area contributed by atoms with Crippen molar-refractivity contribution < 1.29 is 4.79 Å². The molecule has 0 atom stereocenters. The monoisotopic (exact) mass is 349 g/mol. The summed E-state index contributed by atoms with van der Waals surface area (Å²) in [5.74, 6) is 0. The molecule has 1 aromatic heterocycles. The van der Waals surface area contributed by atoms with Gasteiger partial charge in [0.1, 0.15) is 0 Å². The van der Waals surface area contributed by atoms with Crippen LogP contribution in [-0.4, -0.2) is 42.0 Å². The molecule has 2 aromatic rings. The van der Waals surface area contributed by atoms with Gasteiger partial charge in [0.2, 0.25) is 0 Å². The van der Waals surface area contributed by atoms with Crippen LogP contribution in [-0.2, 0) is 13.1 Å². The Morgan fingerprint density at radius 2 is 1.83 bits per heavy atom. The standard InChI is InChI=1S/C17H20ClN3OS/c18-16-7-6-15(23-16)13-20-8-10-21(11-9-20)17(22)19-12-14-4-2-1-3-5-14/h1-7H,8-13H2,(H,19,22). The van der Waals surface area contributed by atoms with E-state index >= 15 is 0 Å². The number of carbonyl (C=O) groups is 1. The van der Waals surface area contributed by atoms with Crippen LogP contribution in [0, 0.1) is 0 Å². The summed E-state index contributed by atoms with van der Waals surface area (Å²) in [5.41, 5.74) is 1.12. The molecule has 1 saturated heterocycles. The van der Waals surface area contributed by atoms with E-state index in [4.69, 9.17) is 11.6 Å². The third kappa shape index (κ3) is 4.70. The third-order valence-corrected chi connectivity index (χ3v) is 5.17. The van der Waals surface area contributed by atoms with Gasteiger partial charge in [-0.1, -0.05) is 41.9 Å². The van der Waals surface area contributed by atoms with Crippen LogP contribution in [0.2, 0.25) is 4.34 Å². The Morgan fingerprint density at radius 3 is 2.48 bits per heavy atom. The van der Waals surface area contributed by atoms with E-state index in [0.717, 1.165) is 42.6 Å². The summed E-state index contributed by atoms with van der Waals surface area (Å²) in [5, 5.41) is 2.99. The van der Waals surface area contributed by atoms with Crippen LogP contribution in [0.25, 0.3) is 0 Å². The Labute approximate surface area is 145 Å². The number of halogens is 1. The summed E-state index contributed by atoms with van der Waals surface area (Å²) < 4.78 is 0.832. The highest BCUT2D eigenvalue weighted by molar-refractivity contribution is 7.16. The largest absolute Gasteiger partial charge is 0.334 e. The molecule has 3 rings (SSSR count). The van der Waals surface area contributed by atoms with Gasteiger partial charge in [-0.2, -0.15) is 0 Å². The zero-order chi connectivity index (χ0) is 16.1. The van der Waals surface area contributed by atoms with E-state index in [9.17, 15) is 4.79 Å². The summed E-state index contributed by atoms with van der Waals surface area (Å²) in [6.07, 6.45) is 0. The average molecular weight is 350 g/mol. The summed E-state index contributed by atoms with van der Waals surface area (Å²) in [7, 11) is 0. The van der Waals surface area contributed by atoms with Crippen molar-refractivity contribution in [2.45, 2.75) is 13.1 Å². The Hall–Kier alpha value is -1.56. The molecule has 1 N–H and O–H groups in total. The smallest absolute Gasteiger partial charge is 0.317 e. The van der Waals surface area contributed by atoms with Crippen molar-refractivity contribution in [1.29, 1.82) is 0 Å². The maximum atomic E-state index is 12.2. The first-order valence-electron chi connectivity index (χ1n) is 7.74. The quantitative estimate of drug-likeness (QED) is 0.917. The highest BCUT2D eigenvalue weighted by Crippen LogP contribution is 2.23. The van der Waals surface area contributed by atoms with Crippen molar-refractivity contribution in [2.24, 2.45) is 0 Å². The first-order valence-corrected chi connectivity index (χ1v) is 8.93. The molecule has 1 aliphatic heterocycles. The number of rotatable bonds is 4. The number of hydrogen-bond donors (Lipinski definition) is 1. The molecule has 2 amide bonds. The molecule has 23 heavy (non-hydrogen) atoms. The van der Waals surface area contributed by atoms with Gasteiger partial charge >= 0.3 is 6.03 Å². The molecule has 1 aliphatic rings. The zero-order valence-electron chi connectivity index (χ0n) is 12.9. The summed E-state index contributed by atoms with van der Waals surface area (Å²) in [6, 6.07) is 14.0. The van der Waals surface area contributed by atoms with Crippen molar-refractivity contribution in [3.05, 3.63) is 57.2 Å². The van der Waals surface area contributed by atoms with Crippen molar-refractivity contribution in [3.63, 3.8) is 0 Å². The molecule has 1 aromatic carbocycles. The average Bonchev–Trinajstić information content (AvgIpc) is 2.99. The Bertz CT molecular complexity index is 638. The van der Waals surface area contributed by atoms with E-state index in [2.05, 4.69) is 16.3 Å². The number of piperazine rings is 1. The third-order valence-electron chi connectivity index (χ3n) is 3.95. The van der Waals surface area contributed by atoms with E-state index in [-0.39, 0.29) is 6.03 Å². The van der Waals surface area contributed by atoms with Crippen LogP contribution >= 0.6 is 22.9 Å². The molecular weight excluding hydrogens is 330 g/mol. The van der Waals surface area contributed by atoms with Crippen LogP contribution in [0.15, 0.2) is 42.5 Å². The van der Waals surface area contributed by atoms with Gasteiger partial charge in [0.05, 0.1) is 4.34 Å². The maximum Gasteiger partial charge on any atom is 0.317 e. The Kier molecular flexibility index (Phi) is 5.54. The van der Waals surface area contributed by atoms with Gasteiger partial charge in [-0.3, -0.25) is 4.90 Å². The van der Waals surface area contributed by atoms with Gasteiger partial charge in [0, 0.05) is 44.1 Å². The number of nitrogens with zero attached hydrogens (tertiary/aromatic N) is 2. The predicted molar refractivity (Wildman–Crippen MR) is 94.9 cm³/mol. The lowest BCUT2D eigenvalue weighted by molar-refractivity contribution is 0.135. The fourth-order valence-electron chi connectivity index (χ4n) is 2.65. The molecule has 6 heteroatoms. The van der Waals surface area contributed by atoms with Crippen molar-refractivity contribution >= 4 is 29.0 Å². The lowest BCUT2D eigenvalue weighted by Gasteiger charge is -2.34. The van der Waals surface area contributed by atoms with Crippen LogP contribution in [0.4, 0.5) is 4.79 Å². The number of thiophene rings is 1. The fraction of sp³-hybridized carbons (Fsp3) is 0.353. The highest BCUT2D eigenvalue weighted by atomic mass is 35.5. The molecule has 2 heterocycles. The van der Waals surface area contributed by atoms with Crippen molar-refractivity contribution in [2.75, 3.05) is 26.2 Å². The van der Waals surface area contributed by atoms with Crippen molar-refractivity contribution in [3.8, 4) is 0 Å². The first kappa shape index (κ1) is 16.3. The van der Waals surface area contributed by atoms with Crippen LogP contribution < -0.4 is 5.32 Å². The van der Waals surface area contributed by atoms with E-state index < -0.39 is 0 Å². The predicted octanol–water partition coefficient (Wildman–Crippen LogP) is 3.43. The fourth-order valence-corrected chi connectivity index (χ4v) is 3.78. The number of benzene rings is 1. The molecule has 0 spiro atoms. The first-order chi connectivity index (χ1) is 11.2. The zero-order valence-corrected chi connectivity index (χ0v) is 14.4. The second-order valence-electron chi connectivity index (χ2n) is 5.61. The van der Waals surface area contributed by atoms with Gasteiger partial charge in [0.25, 0.3) is 0 Å². The van der Waals surface area contributed by atoms with Crippen LogP contribution in [0.3, 0.4) is 0 Å². The Balaban J connectivity index is 1.42. The maximum absolute atomic E-state index is 12.2. The molecule has 4 nitrogen and oxygen atoms in total. The lowest BCUT2D eigenvalue weighted by Crippen LogP contribution is -2.51. The van der Waals surface area contributed by atoms with Gasteiger partial charge in [-0.15, -0.1) is 11.3 Å². The number of nitrogens with one attached hydrogen (secondary N) is 1. The highest BCUT2D eigenvalue weighted by Gasteiger charge is 2.21. The molecule has 0 saturated carbocycles. The van der Waals surface area contributed by atoms with E-state index in [1.165, 1.54) is 4.88 Å². The molecule has 0 radical (unpaired) electrons. The van der Waals surface area contributed by atoms with Gasteiger partial charge < -0.3 is 10.2 Å². The molecular formula is C17H20ClN3OS. The Morgan fingerprint density at radius 1 is 1.09 bits per heavy atom. The van der Waals surface area contributed by atoms with E-state index in [1.54, 1.807) is 11.3 Å². The number of hydrogen-bond acceptors (Lipinski definition) is 3. The van der Waals surface area contributed by atoms with Crippen LogP contribution in [0.1, 0.15) is 10.4 Å². The van der Waals surface area contributed by atoms with E-state index in [0.29, 0.717) is 6.54 Å². The van der Waals surface area contributed by atoms with Crippen LogP contribution in [0.5, 0.6) is 0 Å². The number of urea groups is 1. The summed E-state index contributed by atoms with van der Waals surface area (Å²) in [4.78, 5) is 17.7. The molecule has 122 valence electrons. The molecule has 0 unspecified atom stereocenters. The van der Waals surface area contributed by atoms with Gasteiger partial charge in [0.15, 0.2) is 0 Å². The minimum Gasteiger partial charge on any atom is -0.334 e. The minimum absolute atomic E-state index is 0.0210. The SMILES string of the molecule is O=C(NCc1ccccc1)N1CCN(Cc2ccc(Cl)s2)CC1. The normalized spacial score (nSPS) is 15.6. The summed E-state index contributed by atoms with van der Waals surface area (Å²) >= 11 is 7.59. The van der Waals surface area contributed by atoms with E-state index in [1.807, 2.05) is 41.3 Å². The molecule has 0 aliphatic carbocycles. The molecule has 1 fully saturated rings. The number of amides is 2. The van der Waals surface area contributed by atoms with Gasteiger partial charge in [-0.25, -0.2) is 4.79 Å². The summed E-state index contributed by atoms with van der Waals surface area (Å²) in [6.45, 7) is 4.81. The molecule has 0 bridgehead atoms. The minimum atomic E-state index is 0.0210.